The first kappa shape index (κ1) is 13.0. The van der Waals surface area contributed by atoms with Crippen molar-refractivity contribution in [2.75, 3.05) is 13.1 Å². The molecular weight excluding hydrogens is 212 g/mol. The van der Waals surface area contributed by atoms with Crippen LogP contribution in [0, 0.1) is 11.3 Å². The zero-order chi connectivity index (χ0) is 12.7. The van der Waals surface area contributed by atoms with E-state index in [-0.39, 0.29) is 0 Å². The molecule has 0 atom stereocenters. The Morgan fingerprint density at radius 1 is 1.41 bits per heavy atom. The largest absolute Gasteiger partial charge is 0.370 e. The lowest BCUT2D eigenvalue weighted by atomic mass is 10.1. The molecule has 1 aromatic carbocycles. The van der Waals surface area contributed by atoms with E-state index in [1.165, 1.54) is 0 Å². The number of hydrogen-bond acceptors (Lipinski definition) is 2. The van der Waals surface area contributed by atoms with Gasteiger partial charge in [-0.05, 0) is 31.5 Å². The summed E-state index contributed by atoms with van der Waals surface area (Å²) >= 11 is 0. The van der Waals surface area contributed by atoms with Crippen molar-refractivity contribution < 1.29 is 0 Å². The fourth-order valence-corrected chi connectivity index (χ4v) is 1.56. The van der Waals surface area contributed by atoms with E-state index in [1.807, 2.05) is 36.9 Å². The van der Waals surface area contributed by atoms with E-state index in [0.717, 1.165) is 18.7 Å². The molecule has 0 heterocycles. The fraction of sp³-hybridized carbons (Fsp3) is 0.385. The molecule has 0 aliphatic heterocycles. The van der Waals surface area contributed by atoms with Crippen molar-refractivity contribution in [2.45, 2.75) is 20.4 Å². The maximum absolute atomic E-state index is 8.79. The molecular formula is C13H18N4. The molecule has 0 amide bonds. The zero-order valence-corrected chi connectivity index (χ0v) is 10.3. The van der Waals surface area contributed by atoms with Crippen molar-refractivity contribution in [3.8, 4) is 6.07 Å². The molecule has 0 aliphatic carbocycles. The summed E-state index contributed by atoms with van der Waals surface area (Å²) in [5, 5.41) is 8.79. The minimum atomic E-state index is 0.512. The van der Waals surface area contributed by atoms with E-state index in [1.54, 1.807) is 6.07 Å². The van der Waals surface area contributed by atoms with Crippen LogP contribution in [0.2, 0.25) is 0 Å². The van der Waals surface area contributed by atoms with Crippen LogP contribution < -0.4 is 5.73 Å². The second-order valence-corrected chi connectivity index (χ2v) is 3.66. The molecule has 0 aliphatic rings. The molecule has 1 rings (SSSR count). The van der Waals surface area contributed by atoms with Gasteiger partial charge in [0, 0.05) is 13.1 Å². The summed E-state index contributed by atoms with van der Waals surface area (Å²) in [5.41, 5.74) is 7.52. The normalized spacial score (nSPS) is 11.0. The zero-order valence-electron chi connectivity index (χ0n) is 10.3. The highest BCUT2D eigenvalue weighted by Gasteiger charge is 2.01. The van der Waals surface area contributed by atoms with Gasteiger partial charge >= 0.3 is 0 Å². The molecule has 0 saturated carbocycles. The molecule has 0 bridgehead atoms. The quantitative estimate of drug-likeness (QED) is 0.632. The lowest BCUT2D eigenvalue weighted by Gasteiger charge is -2.19. The fourth-order valence-electron chi connectivity index (χ4n) is 1.56. The summed E-state index contributed by atoms with van der Waals surface area (Å²) in [7, 11) is 0. The third-order valence-corrected chi connectivity index (χ3v) is 2.57. The monoisotopic (exact) mass is 230 g/mol. The lowest BCUT2D eigenvalue weighted by Crippen LogP contribution is -2.37. The van der Waals surface area contributed by atoms with Gasteiger partial charge in [-0.25, -0.2) is 4.99 Å². The highest BCUT2D eigenvalue weighted by molar-refractivity contribution is 5.78. The average molecular weight is 230 g/mol. The van der Waals surface area contributed by atoms with Crippen molar-refractivity contribution in [2.24, 2.45) is 10.7 Å². The number of aliphatic imine (C=N–C) groups is 1. The van der Waals surface area contributed by atoms with Crippen LogP contribution in [0.1, 0.15) is 25.0 Å². The van der Waals surface area contributed by atoms with Crippen LogP contribution in [-0.2, 0) is 6.54 Å². The Balaban J connectivity index is 2.72. The third-order valence-electron chi connectivity index (χ3n) is 2.57. The maximum Gasteiger partial charge on any atom is 0.191 e. The van der Waals surface area contributed by atoms with Crippen molar-refractivity contribution in [3.63, 3.8) is 0 Å². The molecule has 0 radical (unpaired) electrons. The van der Waals surface area contributed by atoms with Crippen molar-refractivity contribution in [1.29, 1.82) is 5.26 Å². The highest BCUT2D eigenvalue weighted by atomic mass is 15.2. The number of nitrogens with zero attached hydrogens (tertiary/aromatic N) is 3. The Labute approximate surface area is 102 Å². The van der Waals surface area contributed by atoms with E-state index in [2.05, 4.69) is 11.1 Å². The van der Waals surface area contributed by atoms with E-state index in [4.69, 9.17) is 11.0 Å². The minimum absolute atomic E-state index is 0.512. The smallest absolute Gasteiger partial charge is 0.191 e. The lowest BCUT2D eigenvalue weighted by molar-refractivity contribution is 0.458. The van der Waals surface area contributed by atoms with Gasteiger partial charge in [0.15, 0.2) is 5.96 Å². The summed E-state index contributed by atoms with van der Waals surface area (Å²) in [6.07, 6.45) is 0. The molecule has 90 valence electrons. The van der Waals surface area contributed by atoms with Gasteiger partial charge in [0.1, 0.15) is 0 Å². The Morgan fingerprint density at radius 3 is 2.71 bits per heavy atom. The van der Waals surface area contributed by atoms with Gasteiger partial charge in [-0.3, -0.25) is 0 Å². The minimum Gasteiger partial charge on any atom is -0.370 e. The van der Waals surface area contributed by atoms with Gasteiger partial charge in [-0.15, -0.1) is 0 Å². The SMILES string of the molecule is CCN(CC)C(N)=NCc1cccc(C#N)c1. The molecule has 0 fully saturated rings. The van der Waals surface area contributed by atoms with Crippen molar-refractivity contribution >= 4 is 5.96 Å². The first-order chi connectivity index (χ1) is 8.21. The summed E-state index contributed by atoms with van der Waals surface area (Å²) < 4.78 is 0. The molecule has 17 heavy (non-hydrogen) atoms. The molecule has 0 spiro atoms. The van der Waals surface area contributed by atoms with Gasteiger partial charge in [-0.1, -0.05) is 12.1 Å². The van der Waals surface area contributed by atoms with Gasteiger partial charge in [0.05, 0.1) is 18.2 Å². The Kier molecular flexibility index (Phi) is 5.02. The molecule has 0 aromatic heterocycles. The first-order valence-electron chi connectivity index (χ1n) is 5.75. The number of guanidine groups is 1. The molecule has 4 nitrogen and oxygen atoms in total. The standard InChI is InChI=1S/C13H18N4/c1-3-17(4-2)13(15)16-10-12-7-5-6-11(8-12)9-14/h5-8H,3-4,10H2,1-2H3,(H2,15,16). The van der Waals surface area contributed by atoms with E-state index in [0.29, 0.717) is 18.1 Å². The van der Waals surface area contributed by atoms with Crippen LogP contribution >= 0.6 is 0 Å². The highest BCUT2D eigenvalue weighted by Crippen LogP contribution is 2.05. The maximum atomic E-state index is 8.79. The van der Waals surface area contributed by atoms with Gasteiger partial charge in [0.25, 0.3) is 0 Å². The number of nitrogens with two attached hydrogens (primary N) is 1. The summed E-state index contributed by atoms with van der Waals surface area (Å²) in [5.74, 6) is 0.553. The van der Waals surface area contributed by atoms with E-state index < -0.39 is 0 Å². The van der Waals surface area contributed by atoms with Gasteiger partial charge in [-0.2, -0.15) is 5.26 Å². The summed E-state index contributed by atoms with van der Waals surface area (Å²) in [6.45, 7) is 6.30. The number of rotatable bonds is 4. The molecule has 0 saturated heterocycles. The second kappa shape index (κ2) is 6.54. The molecule has 4 heteroatoms. The van der Waals surface area contributed by atoms with Crippen molar-refractivity contribution in [3.05, 3.63) is 35.4 Å². The Hall–Kier alpha value is -2.02. The van der Waals surface area contributed by atoms with Crippen LogP contribution in [0.3, 0.4) is 0 Å². The topological polar surface area (TPSA) is 65.4 Å². The van der Waals surface area contributed by atoms with Crippen LogP contribution in [0.4, 0.5) is 0 Å². The van der Waals surface area contributed by atoms with E-state index >= 15 is 0 Å². The van der Waals surface area contributed by atoms with Crippen LogP contribution in [0.15, 0.2) is 29.3 Å². The predicted octanol–water partition coefficient (Wildman–Crippen LogP) is 1.71. The Morgan fingerprint density at radius 2 is 2.12 bits per heavy atom. The first-order valence-corrected chi connectivity index (χ1v) is 5.75. The van der Waals surface area contributed by atoms with Crippen LogP contribution in [0.5, 0.6) is 0 Å². The van der Waals surface area contributed by atoms with Crippen molar-refractivity contribution in [1.82, 2.24) is 4.90 Å². The van der Waals surface area contributed by atoms with Crippen LogP contribution in [0.25, 0.3) is 0 Å². The average Bonchev–Trinajstić information content (AvgIpc) is 2.38. The number of nitriles is 1. The van der Waals surface area contributed by atoms with E-state index in [9.17, 15) is 0 Å². The molecule has 2 N–H and O–H groups in total. The number of hydrogen-bond donors (Lipinski definition) is 1. The van der Waals surface area contributed by atoms with Crippen LogP contribution in [-0.4, -0.2) is 23.9 Å². The molecule has 0 unspecified atom stereocenters. The second-order valence-electron chi connectivity index (χ2n) is 3.66. The molecule has 1 aromatic rings. The number of benzene rings is 1. The van der Waals surface area contributed by atoms with Gasteiger partial charge < -0.3 is 10.6 Å². The Bertz CT molecular complexity index is 427. The van der Waals surface area contributed by atoms with Gasteiger partial charge in [0.2, 0.25) is 0 Å². The third kappa shape index (κ3) is 3.80. The predicted molar refractivity (Wildman–Crippen MR) is 69.4 cm³/mol. The summed E-state index contributed by atoms with van der Waals surface area (Å²) in [6, 6.07) is 9.52. The summed E-state index contributed by atoms with van der Waals surface area (Å²) in [4.78, 5) is 6.32.